The summed E-state index contributed by atoms with van der Waals surface area (Å²) in [5, 5.41) is 22.9. The van der Waals surface area contributed by atoms with Crippen LogP contribution < -0.4 is 0 Å². The van der Waals surface area contributed by atoms with E-state index in [2.05, 4.69) is 10.1 Å². The van der Waals surface area contributed by atoms with E-state index in [0.717, 1.165) is 10.7 Å². The quantitative estimate of drug-likeness (QED) is 0.667. The average molecular weight is 269 g/mol. The van der Waals surface area contributed by atoms with E-state index >= 15 is 0 Å². The first kappa shape index (κ1) is 12.0. The molecule has 0 aromatic carbocycles. The van der Waals surface area contributed by atoms with E-state index in [4.69, 9.17) is 16.7 Å². The summed E-state index contributed by atoms with van der Waals surface area (Å²) in [4.78, 5) is 24.5. The van der Waals surface area contributed by atoms with Crippen molar-refractivity contribution < 1.29 is 14.8 Å². The van der Waals surface area contributed by atoms with Gasteiger partial charge >= 0.3 is 11.8 Å². The zero-order valence-corrected chi connectivity index (χ0v) is 9.40. The van der Waals surface area contributed by atoms with E-state index in [1.165, 1.54) is 18.5 Å². The fourth-order valence-electron chi connectivity index (χ4n) is 1.29. The number of nitrogens with zero attached hydrogens (tertiary/aromatic N) is 4. The van der Waals surface area contributed by atoms with Gasteiger partial charge in [-0.25, -0.2) is 9.78 Å². The summed E-state index contributed by atoms with van der Waals surface area (Å²) in [5.74, 6) is -1.58. The monoisotopic (exact) mass is 268 g/mol. The van der Waals surface area contributed by atoms with Gasteiger partial charge < -0.3 is 15.2 Å². The summed E-state index contributed by atoms with van der Waals surface area (Å²) in [7, 11) is 0. The van der Waals surface area contributed by atoms with Crippen LogP contribution in [-0.4, -0.2) is 30.8 Å². The van der Waals surface area contributed by atoms with Crippen molar-refractivity contribution in [1.82, 2.24) is 14.8 Å². The summed E-state index contributed by atoms with van der Waals surface area (Å²) >= 11 is 5.85. The minimum atomic E-state index is -1.22. The summed E-state index contributed by atoms with van der Waals surface area (Å²) in [6.45, 7) is 0. The van der Waals surface area contributed by atoms with Crippen molar-refractivity contribution in [2.24, 2.45) is 0 Å². The molecule has 0 bridgehead atoms. The van der Waals surface area contributed by atoms with Crippen LogP contribution in [0.15, 0.2) is 24.5 Å². The molecule has 0 saturated heterocycles. The minimum Gasteiger partial charge on any atom is -0.478 e. The lowest BCUT2D eigenvalue weighted by atomic mass is 10.2. The van der Waals surface area contributed by atoms with Crippen molar-refractivity contribution in [3.05, 3.63) is 45.2 Å². The summed E-state index contributed by atoms with van der Waals surface area (Å²) < 4.78 is 1.05. The van der Waals surface area contributed by atoms with Crippen LogP contribution >= 0.6 is 11.6 Å². The first-order valence-electron chi connectivity index (χ1n) is 4.59. The standard InChI is InChI=1S/C9H5ClN4O4/c10-7-5(9(15)16)1-3-11-8(7)13-4-2-6(12-13)14(17)18/h1-4H,(H,15,16). The van der Waals surface area contributed by atoms with E-state index in [-0.39, 0.29) is 22.2 Å². The Balaban J connectivity index is 2.53. The molecule has 2 aromatic rings. The van der Waals surface area contributed by atoms with Gasteiger partial charge in [0.2, 0.25) is 0 Å². The van der Waals surface area contributed by atoms with E-state index in [9.17, 15) is 14.9 Å². The van der Waals surface area contributed by atoms with Crippen LogP contribution in [0.2, 0.25) is 5.02 Å². The number of pyridine rings is 1. The zero-order chi connectivity index (χ0) is 13.3. The van der Waals surface area contributed by atoms with Crippen LogP contribution in [0.1, 0.15) is 10.4 Å². The second-order valence-electron chi connectivity index (χ2n) is 3.18. The smallest absolute Gasteiger partial charge is 0.390 e. The van der Waals surface area contributed by atoms with Gasteiger partial charge in [0, 0.05) is 6.20 Å². The lowest BCUT2D eigenvalue weighted by Gasteiger charge is -2.02. The van der Waals surface area contributed by atoms with Gasteiger partial charge in [-0.3, -0.25) is 0 Å². The van der Waals surface area contributed by atoms with Crippen molar-refractivity contribution in [3.63, 3.8) is 0 Å². The first-order chi connectivity index (χ1) is 8.50. The Hall–Kier alpha value is -2.48. The minimum absolute atomic E-state index is 0.0182. The molecule has 0 saturated carbocycles. The number of nitro groups is 1. The number of carboxylic acids is 1. The van der Waals surface area contributed by atoms with E-state index < -0.39 is 10.9 Å². The van der Waals surface area contributed by atoms with E-state index in [1.54, 1.807) is 0 Å². The Kier molecular flexibility index (Phi) is 2.94. The van der Waals surface area contributed by atoms with Crippen LogP contribution in [0.3, 0.4) is 0 Å². The van der Waals surface area contributed by atoms with Crippen molar-refractivity contribution in [1.29, 1.82) is 0 Å². The number of halogens is 1. The van der Waals surface area contributed by atoms with Crippen molar-refractivity contribution in [3.8, 4) is 5.82 Å². The molecule has 8 nitrogen and oxygen atoms in total. The zero-order valence-electron chi connectivity index (χ0n) is 8.65. The van der Waals surface area contributed by atoms with Crippen LogP contribution in [0.25, 0.3) is 5.82 Å². The van der Waals surface area contributed by atoms with Gasteiger partial charge in [-0.15, -0.1) is 4.68 Å². The van der Waals surface area contributed by atoms with E-state index in [1.807, 2.05) is 0 Å². The van der Waals surface area contributed by atoms with Crippen molar-refractivity contribution in [2.75, 3.05) is 0 Å². The van der Waals surface area contributed by atoms with Gasteiger partial charge in [-0.2, -0.15) is 0 Å². The van der Waals surface area contributed by atoms with Gasteiger partial charge in [0.05, 0.1) is 22.9 Å². The third kappa shape index (κ3) is 2.00. The van der Waals surface area contributed by atoms with Crippen molar-refractivity contribution >= 4 is 23.4 Å². The SMILES string of the molecule is O=C(O)c1ccnc(-n2ccc([N+](=O)[O-])n2)c1Cl. The summed E-state index contributed by atoms with van der Waals surface area (Å²) in [6.07, 6.45) is 2.51. The van der Waals surface area contributed by atoms with Gasteiger partial charge in [-0.05, 0) is 11.0 Å². The lowest BCUT2D eigenvalue weighted by Crippen LogP contribution is -2.05. The number of carboxylic acid groups (broad SMARTS) is 1. The number of carbonyl (C=O) groups is 1. The second-order valence-corrected chi connectivity index (χ2v) is 3.55. The molecule has 0 amide bonds. The highest BCUT2D eigenvalue weighted by atomic mass is 35.5. The second kappa shape index (κ2) is 4.41. The maximum atomic E-state index is 10.9. The number of hydrogen-bond acceptors (Lipinski definition) is 5. The highest BCUT2D eigenvalue weighted by Crippen LogP contribution is 2.23. The van der Waals surface area contributed by atoms with Crippen LogP contribution in [0.4, 0.5) is 5.82 Å². The van der Waals surface area contributed by atoms with E-state index in [0.29, 0.717) is 0 Å². The molecule has 0 aliphatic rings. The summed E-state index contributed by atoms with van der Waals surface area (Å²) in [6, 6.07) is 2.39. The third-order valence-electron chi connectivity index (χ3n) is 2.08. The van der Waals surface area contributed by atoms with Crippen LogP contribution in [-0.2, 0) is 0 Å². The lowest BCUT2D eigenvalue weighted by molar-refractivity contribution is -0.389. The Morgan fingerprint density at radius 3 is 2.78 bits per heavy atom. The highest BCUT2D eigenvalue weighted by molar-refractivity contribution is 6.35. The summed E-state index contributed by atoms with van der Waals surface area (Å²) in [5.41, 5.74) is -0.153. The molecule has 0 spiro atoms. The number of rotatable bonds is 3. The fraction of sp³-hybridized carbons (Fsp3) is 0. The molecule has 2 rings (SSSR count). The topological polar surface area (TPSA) is 111 Å². The molecule has 9 heteroatoms. The van der Waals surface area contributed by atoms with Gasteiger partial charge in [0.25, 0.3) is 0 Å². The molecular formula is C9H5ClN4O4. The maximum Gasteiger partial charge on any atom is 0.390 e. The molecule has 0 fully saturated rings. The molecular weight excluding hydrogens is 264 g/mol. The Labute approximate surface area is 105 Å². The van der Waals surface area contributed by atoms with Gasteiger partial charge in [0.1, 0.15) is 5.02 Å². The Bertz CT molecular complexity index is 639. The highest BCUT2D eigenvalue weighted by Gasteiger charge is 2.19. The third-order valence-corrected chi connectivity index (χ3v) is 2.45. The largest absolute Gasteiger partial charge is 0.478 e. The molecule has 0 atom stereocenters. The predicted molar refractivity (Wildman–Crippen MR) is 60.0 cm³/mol. The van der Waals surface area contributed by atoms with Crippen LogP contribution in [0.5, 0.6) is 0 Å². The number of aromatic nitrogens is 3. The maximum absolute atomic E-state index is 10.9. The fourth-order valence-corrected chi connectivity index (χ4v) is 1.57. The first-order valence-corrected chi connectivity index (χ1v) is 4.96. The molecule has 1 N–H and O–H groups in total. The molecule has 0 radical (unpaired) electrons. The number of aromatic carboxylic acids is 1. The molecule has 2 aromatic heterocycles. The predicted octanol–water partition coefficient (Wildman–Crippen LogP) is 1.53. The average Bonchev–Trinajstić information content (AvgIpc) is 2.78. The molecule has 0 aliphatic carbocycles. The molecule has 0 aliphatic heterocycles. The van der Waals surface area contributed by atoms with Crippen LogP contribution in [0, 0.1) is 10.1 Å². The Morgan fingerprint density at radius 1 is 1.50 bits per heavy atom. The van der Waals surface area contributed by atoms with Crippen molar-refractivity contribution in [2.45, 2.75) is 0 Å². The molecule has 18 heavy (non-hydrogen) atoms. The Morgan fingerprint density at radius 2 is 2.22 bits per heavy atom. The number of hydrogen-bond donors (Lipinski definition) is 1. The molecule has 92 valence electrons. The normalized spacial score (nSPS) is 10.3. The van der Waals surface area contributed by atoms with Gasteiger partial charge in [-0.1, -0.05) is 11.6 Å². The van der Waals surface area contributed by atoms with Gasteiger partial charge in [0.15, 0.2) is 5.82 Å². The molecule has 0 unspecified atom stereocenters. The molecule has 2 heterocycles.